The molecule has 3 aromatic rings. The molecule has 0 saturated heterocycles. The molecule has 0 amide bonds. The van der Waals surface area contributed by atoms with E-state index in [-0.39, 0.29) is 0 Å². The number of aromatic nitrogens is 1. The highest BCUT2D eigenvalue weighted by atomic mass is 16.4. The Kier molecular flexibility index (Phi) is 3.37. The van der Waals surface area contributed by atoms with Gasteiger partial charge in [-0.1, -0.05) is 30.3 Å². The molecular weight excluding hydrogens is 251 g/mol. The number of benzene rings is 2. The molecule has 4 nitrogen and oxygen atoms in total. The van der Waals surface area contributed by atoms with Crippen LogP contribution in [0.2, 0.25) is 0 Å². The number of pyridine rings is 1. The van der Waals surface area contributed by atoms with Gasteiger partial charge in [0.2, 0.25) is 0 Å². The Balaban J connectivity index is 1.93. The highest BCUT2D eigenvalue weighted by molar-refractivity contribution is 6.58. The summed E-state index contributed by atoms with van der Waals surface area (Å²) in [6.07, 6.45) is 0. The maximum absolute atomic E-state index is 9.16. The molecule has 0 radical (unpaired) electrons. The Morgan fingerprint density at radius 2 is 1.70 bits per heavy atom. The Hall–Kier alpha value is -2.37. The summed E-state index contributed by atoms with van der Waals surface area (Å²) in [6, 6.07) is 18.7. The number of para-hydroxylation sites is 1. The van der Waals surface area contributed by atoms with Crippen molar-refractivity contribution in [1.82, 2.24) is 4.98 Å². The van der Waals surface area contributed by atoms with E-state index in [0.717, 1.165) is 22.4 Å². The first kappa shape index (κ1) is 12.7. The number of rotatable bonds is 3. The summed E-state index contributed by atoms with van der Waals surface area (Å²) in [6.45, 7) is 0. The van der Waals surface area contributed by atoms with E-state index in [1.165, 1.54) is 0 Å². The molecule has 3 N–H and O–H groups in total. The van der Waals surface area contributed by atoms with E-state index in [1.54, 1.807) is 18.2 Å². The van der Waals surface area contributed by atoms with Crippen LogP contribution >= 0.6 is 0 Å². The number of hydrogen-bond donors (Lipinski definition) is 3. The lowest BCUT2D eigenvalue weighted by molar-refractivity contribution is 0.426. The van der Waals surface area contributed by atoms with Crippen LogP contribution in [0.3, 0.4) is 0 Å². The standard InChI is InChI=1S/C15H13BN2O2/c19-16(20)12-7-8-14-11(10-12)6-9-15(18-14)17-13-4-2-1-3-5-13/h1-10,19-20H,(H,17,18). The minimum Gasteiger partial charge on any atom is -0.423 e. The number of nitrogens with one attached hydrogen (secondary N) is 1. The van der Waals surface area contributed by atoms with Crippen molar-refractivity contribution in [3.8, 4) is 0 Å². The highest BCUT2D eigenvalue weighted by Gasteiger charge is 2.11. The van der Waals surface area contributed by atoms with Gasteiger partial charge in [-0.05, 0) is 41.2 Å². The third-order valence-corrected chi connectivity index (χ3v) is 3.06. The number of fused-ring (bicyclic) bond motifs is 1. The monoisotopic (exact) mass is 264 g/mol. The fourth-order valence-corrected chi connectivity index (χ4v) is 2.04. The molecule has 0 fully saturated rings. The summed E-state index contributed by atoms with van der Waals surface area (Å²) in [5, 5.41) is 22.4. The van der Waals surface area contributed by atoms with Gasteiger partial charge in [0.05, 0.1) is 5.52 Å². The average molecular weight is 264 g/mol. The lowest BCUT2D eigenvalue weighted by atomic mass is 9.80. The lowest BCUT2D eigenvalue weighted by Crippen LogP contribution is -2.29. The molecule has 0 atom stereocenters. The lowest BCUT2D eigenvalue weighted by Gasteiger charge is -2.07. The summed E-state index contributed by atoms with van der Waals surface area (Å²) >= 11 is 0. The zero-order chi connectivity index (χ0) is 13.9. The SMILES string of the molecule is OB(O)c1ccc2nc(Nc3ccccc3)ccc2c1. The summed E-state index contributed by atoms with van der Waals surface area (Å²) in [5.41, 5.74) is 2.24. The molecule has 0 saturated carbocycles. The van der Waals surface area contributed by atoms with E-state index in [0.29, 0.717) is 5.46 Å². The molecule has 0 aliphatic heterocycles. The second-order valence-corrected chi connectivity index (χ2v) is 4.51. The van der Waals surface area contributed by atoms with Crippen molar-refractivity contribution in [3.63, 3.8) is 0 Å². The first-order valence-electron chi connectivity index (χ1n) is 6.31. The van der Waals surface area contributed by atoms with Crippen LogP contribution in [0, 0.1) is 0 Å². The zero-order valence-electron chi connectivity index (χ0n) is 10.7. The van der Waals surface area contributed by atoms with Gasteiger partial charge in [0.1, 0.15) is 5.82 Å². The minimum atomic E-state index is -1.46. The molecule has 3 rings (SSSR count). The van der Waals surface area contributed by atoms with Crippen molar-refractivity contribution in [1.29, 1.82) is 0 Å². The molecule has 0 bridgehead atoms. The number of anilines is 2. The Morgan fingerprint density at radius 3 is 2.45 bits per heavy atom. The van der Waals surface area contributed by atoms with Crippen molar-refractivity contribution in [2.24, 2.45) is 0 Å². The van der Waals surface area contributed by atoms with Crippen LogP contribution in [0.25, 0.3) is 10.9 Å². The second-order valence-electron chi connectivity index (χ2n) is 4.51. The maximum Gasteiger partial charge on any atom is 0.488 e. The van der Waals surface area contributed by atoms with E-state index in [9.17, 15) is 0 Å². The predicted octanol–water partition coefficient (Wildman–Crippen LogP) is 1.66. The molecule has 0 aliphatic carbocycles. The molecular formula is C15H13BN2O2. The van der Waals surface area contributed by atoms with Gasteiger partial charge < -0.3 is 15.4 Å². The third kappa shape index (κ3) is 2.64. The van der Waals surface area contributed by atoms with Gasteiger partial charge in [-0.25, -0.2) is 4.98 Å². The Bertz CT molecular complexity index is 732. The van der Waals surface area contributed by atoms with Crippen LogP contribution in [-0.2, 0) is 0 Å². The number of nitrogens with zero attached hydrogens (tertiary/aromatic N) is 1. The molecule has 0 spiro atoms. The van der Waals surface area contributed by atoms with Gasteiger partial charge in [0.25, 0.3) is 0 Å². The van der Waals surface area contributed by atoms with Crippen molar-refractivity contribution >= 4 is 35.0 Å². The quantitative estimate of drug-likeness (QED) is 0.629. The molecule has 5 heteroatoms. The summed E-state index contributed by atoms with van der Waals surface area (Å²) < 4.78 is 0. The maximum atomic E-state index is 9.16. The summed E-state index contributed by atoms with van der Waals surface area (Å²) in [7, 11) is -1.46. The van der Waals surface area contributed by atoms with E-state index in [2.05, 4.69) is 10.3 Å². The fourth-order valence-electron chi connectivity index (χ4n) is 2.04. The van der Waals surface area contributed by atoms with Gasteiger partial charge in [0.15, 0.2) is 0 Å². The molecule has 2 aromatic carbocycles. The van der Waals surface area contributed by atoms with Crippen molar-refractivity contribution < 1.29 is 10.0 Å². The molecule has 20 heavy (non-hydrogen) atoms. The van der Waals surface area contributed by atoms with E-state index < -0.39 is 7.12 Å². The normalized spacial score (nSPS) is 10.5. The van der Waals surface area contributed by atoms with Gasteiger partial charge in [-0.15, -0.1) is 0 Å². The molecule has 0 aliphatic rings. The Morgan fingerprint density at radius 1 is 0.900 bits per heavy atom. The Labute approximate surface area is 116 Å². The highest BCUT2D eigenvalue weighted by Crippen LogP contribution is 2.18. The van der Waals surface area contributed by atoms with Crippen molar-refractivity contribution in [2.75, 3.05) is 5.32 Å². The van der Waals surface area contributed by atoms with E-state index in [1.807, 2.05) is 42.5 Å². The second kappa shape index (κ2) is 5.32. The van der Waals surface area contributed by atoms with Crippen LogP contribution in [0.1, 0.15) is 0 Å². The van der Waals surface area contributed by atoms with Gasteiger partial charge in [-0.2, -0.15) is 0 Å². The van der Waals surface area contributed by atoms with E-state index >= 15 is 0 Å². The predicted molar refractivity (Wildman–Crippen MR) is 81.3 cm³/mol. The van der Waals surface area contributed by atoms with Gasteiger partial charge in [0, 0.05) is 5.69 Å². The third-order valence-electron chi connectivity index (χ3n) is 3.06. The summed E-state index contributed by atoms with van der Waals surface area (Å²) in [5.74, 6) is 0.751. The molecule has 1 aromatic heterocycles. The van der Waals surface area contributed by atoms with Gasteiger partial charge >= 0.3 is 7.12 Å². The largest absolute Gasteiger partial charge is 0.488 e. The molecule has 0 unspecified atom stereocenters. The van der Waals surface area contributed by atoms with Gasteiger partial charge in [-0.3, -0.25) is 0 Å². The van der Waals surface area contributed by atoms with Crippen LogP contribution < -0.4 is 10.8 Å². The molecule has 98 valence electrons. The van der Waals surface area contributed by atoms with Crippen LogP contribution in [0.15, 0.2) is 60.7 Å². The van der Waals surface area contributed by atoms with Crippen molar-refractivity contribution in [2.45, 2.75) is 0 Å². The van der Waals surface area contributed by atoms with E-state index in [4.69, 9.17) is 10.0 Å². The smallest absolute Gasteiger partial charge is 0.423 e. The first-order chi connectivity index (χ1) is 9.72. The van der Waals surface area contributed by atoms with Crippen LogP contribution in [0.5, 0.6) is 0 Å². The number of hydrogen-bond acceptors (Lipinski definition) is 4. The zero-order valence-corrected chi connectivity index (χ0v) is 10.7. The minimum absolute atomic E-state index is 0.461. The fraction of sp³-hybridized carbons (Fsp3) is 0. The van der Waals surface area contributed by atoms with Crippen molar-refractivity contribution in [3.05, 3.63) is 60.7 Å². The van der Waals surface area contributed by atoms with Crippen LogP contribution in [0.4, 0.5) is 11.5 Å². The molecule has 1 heterocycles. The summed E-state index contributed by atoms with van der Waals surface area (Å²) in [4.78, 5) is 4.50. The van der Waals surface area contributed by atoms with Crippen LogP contribution in [-0.4, -0.2) is 22.2 Å². The first-order valence-corrected chi connectivity index (χ1v) is 6.31. The average Bonchev–Trinajstić information content (AvgIpc) is 2.47. The topological polar surface area (TPSA) is 65.4 Å².